The zero-order valence-corrected chi connectivity index (χ0v) is 6.64. The Hall–Kier alpha value is -0.330. The molecular weight excluding hydrogens is 203 g/mol. The maximum Gasteiger partial charge on any atom is 0.458 e. The van der Waals surface area contributed by atoms with Gasteiger partial charge in [0.2, 0.25) is 5.75 Å². The first-order chi connectivity index (χ1) is 5.31. The second-order valence-electron chi connectivity index (χ2n) is 2.13. The molecule has 0 aliphatic carbocycles. The van der Waals surface area contributed by atoms with Gasteiger partial charge in [-0.05, 0) is 0 Å². The summed E-state index contributed by atoms with van der Waals surface area (Å²) in [6.07, 6.45) is -7.24. The second kappa shape index (κ2) is 4.06. The van der Waals surface area contributed by atoms with Crippen LogP contribution in [0.1, 0.15) is 12.8 Å². The summed E-state index contributed by atoms with van der Waals surface area (Å²) in [4.78, 5) is 0. The van der Waals surface area contributed by atoms with Crippen molar-refractivity contribution in [2.24, 2.45) is 0 Å². The lowest BCUT2D eigenvalue weighted by Crippen LogP contribution is -2.36. The van der Waals surface area contributed by atoms with E-state index in [0.717, 1.165) is 0 Å². The molecule has 0 aliphatic rings. The Balaban J connectivity index is 3.95. The highest BCUT2D eigenvalue weighted by Crippen LogP contribution is 2.38. The molecule has 12 heavy (non-hydrogen) atoms. The van der Waals surface area contributed by atoms with Gasteiger partial charge in [-0.2, -0.15) is 22.0 Å². The molecule has 0 unspecified atom stereocenters. The van der Waals surface area contributed by atoms with Gasteiger partial charge in [0.05, 0.1) is 0 Å². The monoisotopic (exact) mass is 209 g/mol. The highest BCUT2D eigenvalue weighted by atomic mass is 32.1. The predicted molar refractivity (Wildman–Crippen MR) is 33.2 cm³/mol. The zero-order valence-electron chi connectivity index (χ0n) is 5.83. The lowest BCUT2D eigenvalue weighted by atomic mass is 10.2. The summed E-state index contributed by atoms with van der Waals surface area (Å²) < 4.78 is 68.0. The first-order valence-electron chi connectivity index (χ1n) is 3.00. The van der Waals surface area contributed by atoms with E-state index in [-0.39, 0.29) is 17.4 Å². The van der Waals surface area contributed by atoms with Crippen LogP contribution >= 0.6 is 0 Å². The van der Waals surface area contributed by atoms with Gasteiger partial charge in [-0.15, -0.1) is 0 Å². The Morgan fingerprint density at radius 3 is 1.92 bits per heavy atom. The molecule has 0 aromatic carbocycles. The first kappa shape index (κ1) is 11.7. The Labute approximate surface area is 69.4 Å². The molecular formula is C5H6F5OS+. The van der Waals surface area contributed by atoms with Crippen LogP contribution in [0.15, 0.2) is 0 Å². The van der Waals surface area contributed by atoms with E-state index in [4.69, 9.17) is 0 Å². The molecule has 72 valence electrons. The van der Waals surface area contributed by atoms with Crippen molar-refractivity contribution in [2.45, 2.75) is 24.9 Å². The van der Waals surface area contributed by atoms with Crippen LogP contribution in [0.4, 0.5) is 22.0 Å². The molecule has 0 atom stereocenters. The molecule has 0 saturated heterocycles. The van der Waals surface area contributed by atoms with E-state index < -0.39 is 24.9 Å². The number of halogens is 5. The molecule has 0 saturated carbocycles. The highest BCUT2D eigenvalue weighted by molar-refractivity contribution is 7.65. The van der Waals surface area contributed by atoms with Crippen molar-refractivity contribution >= 4 is 11.7 Å². The van der Waals surface area contributed by atoms with Crippen LogP contribution in [0, 0.1) is 0 Å². The molecule has 0 aromatic heterocycles. The maximum atomic E-state index is 12.0. The van der Waals surface area contributed by atoms with E-state index in [1.54, 1.807) is 0 Å². The van der Waals surface area contributed by atoms with Crippen molar-refractivity contribution < 1.29 is 26.2 Å². The topological polar surface area (TPSA) is 17.1 Å². The van der Waals surface area contributed by atoms with Gasteiger partial charge in [-0.1, -0.05) is 0 Å². The third-order valence-corrected chi connectivity index (χ3v) is 1.59. The minimum absolute atomic E-state index is 0.00226. The van der Waals surface area contributed by atoms with Gasteiger partial charge >= 0.3 is 23.8 Å². The lowest BCUT2D eigenvalue weighted by Gasteiger charge is -2.17. The van der Waals surface area contributed by atoms with Crippen molar-refractivity contribution in [1.29, 1.82) is 0 Å². The van der Waals surface area contributed by atoms with Crippen LogP contribution in [0.5, 0.6) is 0 Å². The van der Waals surface area contributed by atoms with Gasteiger partial charge in [0.1, 0.15) is 0 Å². The van der Waals surface area contributed by atoms with Crippen molar-refractivity contribution in [3.05, 3.63) is 0 Å². The Morgan fingerprint density at radius 2 is 1.58 bits per heavy atom. The van der Waals surface area contributed by atoms with E-state index in [2.05, 4.69) is 0 Å². The zero-order chi connectivity index (χ0) is 9.83. The van der Waals surface area contributed by atoms with E-state index in [9.17, 15) is 26.2 Å². The standard InChI is InChI=1S/C5H6F5OS/c6-4(7,5(8,9)10)2-1-3-12-11/h1-3H2/q+1. The van der Waals surface area contributed by atoms with Gasteiger partial charge in [0, 0.05) is 17.1 Å². The van der Waals surface area contributed by atoms with Crippen molar-refractivity contribution in [1.82, 2.24) is 0 Å². The molecule has 0 N–H and O–H groups in total. The molecule has 1 nitrogen and oxygen atoms in total. The van der Waals surface area contributed by atoms with Gasteiger partial charge in [-0.25, -0.2) is 0 Å². The highest BCUT2D eigenvalue weighted by Gasteiger charge is 2.56. The first-order valence-corrected chi connectivity index (χ1v) is 3.91. The van der Waals surface area contributed by atoms with Crippen molar-refractivity contribution in [2.75, 3.05) is 5.75 Å². The summed E-state index contributed by atoms with van der Waals surface area (Å²) in [5.74, 6) is -4.89. The van der Waals surface area contributed by atoms with Crippen LogP contribution in [0.25, 0.3) is 0 Å². The summed E-state index contributed by atoms with van der Waals surface area (Å²) in [5, 5.41) is 0. The minimum atomic E-state index is -5.50. The molecule has 0 fully saturated rings. The molecule has 0 aromatic rings. The van der Waals surface area contributed by atoms with Crippen LogP contribution in [0.2, 0.25) is 0 Å². The number of alkyl halides is 5. The van der Waals surface area contributed by atoms with Crippen LogP contribution < -0.4 is 0 Å². The Kier molecular flexibility index (Phi) is 3.95. The minimum Gasteiger partial charge on any atom is -0.196 e. The molecule has 0 amide bonds. The summed E-state index contributed by atoms with van der Waals surface area (Å²) in [7, 11) is 0. The lowest BCUT2D eigenvalue weighted by molar-refractivity contribution is -0.284. The van der Waals surface area contributed by atoms with Crippen molar-refractivity contribution in [3.8, 4) is 0 Å². The van der Waals surface area contributed by atoms with Gasteiger partial charge in [0.25, 0.3) is 0 Å². The van der Waals surface area contributed by atoms with Crippen molar-refractivity contribution in [3.63, 3.8) is 0 Å². The third-order valence-electron chi connectivity index (χ3n) is 1.13. The second-order valence-corrected chi connectivity index (χ2v) is 2.77. The summed E-state index contributed by atoms with van der Waals surface area (Å²) in [5.41, 5.74) is 0. The average Bonchev–Trinajstić information content (AvgIpc) is 1.85. The van der Waals surface area contributed by atoms with Gasteiger partial charge in [-0.3, -0.25) is 0 Å². The number of rotatable bonds is 4. The number of hydrogen-bond acceptors (Lipinski definition) is 1. The average molecular weight is 209 g/mol. The van der Waals surface area contributed by atoms with Crippen LogP contribution in [0.3, 0.4) is 0 Å². The fraction of sp³-hybridized carbons (Fsp3) is 1.00. The molecule has 0 bridgehead atoms. The fourth-order valence-corrected chi connectivity index (χ4v) is 0.757. The number of hydrogen-bond donors (Lipinski definition) is 0. The van der Waals surface area contributed by atoms with Crippen LogP contribution in [-0.2, 0) is 15.9 Å². The predicted octanol–water partition coefficient (Wildman–Crippen LogP) is 2.39. The summed E-state index contributed by atoms with van der Waals surface area (Å²) >= 11 is 0.00226. The van der Waals surface area contributed by atoms with E-state index in [1.807, 2.05) is 0 Å². The van der Waals surface area contributed by atoms with Crippen LogP contribution in [-0.4, -0.2) is 17.9 Å². The molecule has 7 heteroatoms. The SMILES string of the molecule is O=[S+]CCCC(F)(F)C(F)(F)F. The van der Waals surface area contributed by atoms with E-state index in [1.165, 1.54) is 0 Å². The smallest absolute Gasteiger partial charge is 0.196 e. The summed E-state index contributed by atoms with van der Waals surface area (Å²) in [6.45, 7) is 0. The van der Waals surface area contributed by atoms with E-state index in [0.29, 0.717) is 0 Å². The normalized spacial score (nSPS) is 13.1. The molecule has 0 rings (SSSR count). The molecule has 0 aliphatic heterocycles. The van der Waals surface area contributed by atoms with E-state index >= 15 is 0 Å². The summed E-state index contributed by atoms with van der Waals surface area (Å²) in [6, 6.07) is 0. The maximum absolute atomic E-state index is 12.0. The largest absolute Gasteiger partial charge is 0.458 e. The quantitative estimate of drug-likeness (QED) is 0.394. The van der Waals surface area contributed by atoms with Gasteiger partial charge in [0.15, 0.2) is 0 Å². The molecule has 0 radical (unpaired) electrons. The Morgan fingerprint density at radius 1 is 1.08 bits per heavy atom. The molecule has 0 heterocycles. The third kappa shape index (κ3) is 3.38. The molecule has 0 spiro atoms. The fourth-order valence-electron chi connectivity index (χ4n) is 0.495. The van der Waals surface area contributed by atoms with Gasteiger partial charge < -0.3 is 0 Å². The Bertz CT molecular complexity index is 154.